The number of hydrogen-bond acceptors (Lipinski definition) is 2. The molecule has 124 valence electrons. The van der Waals surface area contributed by atoms with E-state index in [2.05, 4.69) is 67.3 Å². The molecule has 0 aliphatic rings. The topological polar surface area (TPSA) is 29.5 Å². The lowest BCUT2D eigenvalue weighted by atomic mass is 9.94. The van der Waals surface area contributed by atoms with Gasteiger partial charge >= 0.3 is 0 Å². The van der Waals surface area contributed by atoms with E-state index in [1.807, 2.05) is 6.08 Å². The first-order chi connectivity index (χ1) is 9.42. The molecule has 0 fully saturated rings. The molecule has 0 aromatic heterocycles. The molecule has 0 spiro atoms. The molecule has 0 aliphatic heterocycles. The van der Waals surface area contributed by atoms with E-state index >= 15 is 0 Å². The molecule has 0 heterocycles. The van der Waals surface area contributed by atoms with Crippen molar-refractivity contribution >= 4 is 8.32 Å². The van der Waals surface area contributed by atoms with Gasteiger partial charge in [-0.05, 0) is 36.4 Å². The average molecular weight is 313 g/mol. The highest BCUT2D eigenvalue weighted by Gasteiger charge is 2.40. The molecule has 21 heavy (non-hydrogen) atoms. The number of aliphatic hydroxyl groups excluding tert-OH is 1. The van der Waals surface area contributed by atoms with Crippen LogP contribution in [0.15, 0.2) is 24.8 Å². The summed E-state index contributed by atoms with van der Waals surface area (Å²) in [5, 5.41) is 10.0. The molecule has 0 amide bonds. The Morgan fingerprint density at radius 2 is 1.67 bits per heavy atom. The zero-order valence-corrected chi connectivity index (χ0v) is 16.3. The summed E-state index contributed by atoms with van der Waals surface area (Å²) in [6, 6.07) is 0. The Hall–Kier alpha value is -0.383. The summed E-state index contributed by atoms with van der Waals surface area (Å²) in [6.45, 7) is 21.7. The minimum atomic E-state index is -1.78. The van der Waals surface area contributed by atoms with Crippen molar-refractivity contribution in [1.29, 1.82) is 0 Å². The first-order valence-electron chi connectivity index (χ1n) is 8.07. The van der Waals surface area contributed by atoms with Crippen molar-refractivity contribution < 1.29 is 9.53 Å². The lowest BCUT2D eigenvalue weighted by molar-refractivity contribution is 0.0999. The predicted octanol–water partition coefficient (Wildman–Crippen LogP) is 5.16. The Morgan fingerprint density at radius 1 is 1.14 bits per heavy atom. The van der Waals surface area contributed by atoms with Gasteiger partial charge in [-0.1, -0.05) is 59.8 Å². The zero-order chi connectivity index (χ0) is 16.8. The van der Waals surface area contributed by atoms with Gasteiger partial charge in [0.2, 0.25) is 0 Å². The highest BCUT2D eigenvalue weighted by Crippen LogP contribution is 2.39. The van der Waals surface area contributed by atoms with Crippen LogP contribution in [0.5, 0.6) is 0 Å². The summed E-state index contributed by atoms with van der Waals surface area (Å²) in [5.41, 5.74) is 0. The van der Waals surface area contributed by atoms with Crippen molar-refractivity contribution in [3.05, 3.63) is 24.8 Å². The highest BCUT2D eigenvalue weighted by molar-refractivity contribution is 6.74. The van der Waals surface area contributed by atoms with E-state index < -0.39 is 14.4 Å². The molecule has 0 rings (SSSR count). The molecule has 2 nitrogen and oxygen atoms in total. The quantitative estimate of drug-likeness (QED) is 0.495. The number of hydrogen-bond donors (Lipinski definition) is 1. The molecule has 0 aromatic carbocycles. The summed E-state index contributed by atoms with van der Waals surface area (Å²) in [6.07, 6.45) is 6.05. The molecular formula is C18H36O2Si. The van der Waals surface area contributed by atoms with Crippen LogP contribution in [0.3, 0.4) is 0 Å². The molecule has 1 N–H and O–H groups in total. The van der Waals surface area contributed by atoms with Gasteiger partial charge in [0, 0.05) is 0 Å². The third-order valence-electron chi connectivity index (χ3n) is 4.46. The Morgan fingerprint density at radius 3 is 2.05 bits per heavy atom. The maximum Gasteiger partial charge on any atom is 0.192 e. The van der Waals surface area contributed by atoms with E-state index in [4.69, 9.17) is 4.43 Å². The predicted molar refractivity (Wildman–Crippen MR) is 96.0 cm³/mol. The number of rotatable bonds is 8. The second kappa shape index (κ2) is 8.30. The van der Waals surface area contributed by atoms with Crippen molar-refractivity contribution in [2.75, 3.05) is 0 Å². The summed E-state index contributed by atoms with van der Waals surface area (Å²) in [7, 11) is -1.78. The SMILES string of the molecule is C=CC[C@@H](O)/C=C/[C@H](C)[C@@H](O[Si](C)(C)C(C)(C)C)C(C)C. The van der Waals surface area contributed by atoms with Crippen molar-refractivity contribution in [3.63, 3.8) is 0 Å². The van der Waals surface area contributed by atoms with Gasteiger partial charge in [0.05, 0.1) is 12.2 Å². The lowest BCUT2D eigenvalue weighted by Crippen LogP contribution is -2.46. The maximum absolute atomic E-state index is 9.79. The third-order valence-corrected chi connectivity index (χ3v) is 8.93. The van der Waals surface area contributed by atoms with Gasteiger partial charge in [-0.15, -0.1) is 6.58 Å². The van der Waals surface area contributed by atoms with E-state index in [0.29, 0.717) is 18.3 Å². The van der Waals surface area contributed by atoms with Gasteiger partial charge < -0.3 is 9.53 Å². The van der Waals surface area contributed by atoms with Crippen LogP contribution in [0.4, 0.5) is 0 Å². The van der Waals surface area contributed by atoms with E-state index in [0.717, 1.165) is 0 Å². The summed E-state index contributed by atoms with van der Waals surface area (Å²) >= 11 is 0. The molecule has 0 unspecified atom stereocenters. The molecule has 3 heteroatoms. The third kappa shape index (κ3) is 6.94. The second-order valence-electron chi connectivity index (χ2n) is 7.92. The van der Waals surface area contributed by atoms with Crippen LogP contribution in [0, 0.1) is 11.8 Å². The van der Waals surface area contributed by atoms with Crippen LogP contribution in [-0.2, 0) is 4.43 Å². The second-order valence-corrected chi connectivity index (χ2v) is 12.7. The van der Waals surface area contributed by atoms with Crippen molar-refractivity contribution in [2.45, 2.75) is 78.3 Å². The average Bonchev–Trinajstić information content (AvgIpc) is 2.31. The molecular weight excluding hydrogens is 276 g/mol. The van der Waals surface area contributed by atoms with Crippen LogP contribution in [0.25, 0.3) is 0 Å². The van der Waals surface area contributed by atoms with E-state index in [1.54, 1.807) is 6.08 Å². The van der Waals surface area contributed by atoms with Crippen LogP contribution in [-0.4, -0.2) is 25.6 Å². The Labute approximate surface area is 133 Å². The zero-order valence-electron chi connectivity index (χ0n) is 15.3. The summed E-state index contributed by atoms with van der Waals surface area (Å²) in [5.74, 6) is 0.744. The van der Waals surface area contributed by atoms with Crippen LogP contribution in [0.2, 0.25) is 18.1 Å². The number of aliphatic hydroxyl groups is 1. The van der Waals surface area contributed by atoms with Gasteiger partial charge in [0.25, 0.3) is 0 Å². The van der Waals surface area contributed by atoms with Crippen LogP contribution < -0.4 is 0 Å². The van der Waals surface area contributed by atoms with E-state index in [1.165, 1.54) is 0 Å². The minimum Gasteiger partial charge on any atom is -0.413 e. The van der Waals surface area contributed by atoms with Crippen molar-refractivity contribution in [3.8, 4) is 0 Å². The summed E-state index contributed by atoms with van der Waals surface area (Å²) < 4.78 is 6.60. The van der Waals surface area contributed by atoms with Gasteiger partial charge in [-0.2, -0.15) is 0 Å². The first-order valence-corrected chi connectivity index (χ1v) is 11.0. The Kier molecular flexibility index (Phi) is 8.15. The summed E-state index contributed by atoms with van der Waals surface area (Å²) in [4.78, 5) is 0. The van der Waals surface area contributed by atoms with E-state index in [-0.39, 0.29) is 11.1 Å². The maximum atomic E-state index is 9.79. The molecule has 0 aliphatic carbocycles. The minimum absolute atomic E-state index is 0.193. The van der Waals surface area contributed by atoms with Crippen molar-refractivity contribution in [2.24, 2.45) is 11.8 Å². The smallest absolute Gasteiger partial charge is 0.192 e. The van der Waals surface area contributed by atoms with Crippen LogP contribution in [0.1, 0.15) is 48.0 Å². The Bertz CT molecular complexity index is 340. The van der Waals surface area contributed by atoms with Crippen LogP contribution >= 0.6 is 0 Å². The monoisotopic (exact) mass is 312 g/mol. The fourth-order valence-corrected chi connectivity index (χ4v) is 3.55. The molecule has 0 saturated carbocycles. The lowest BCUT2D eigenvalue weighted by Gasteiger charge is -2.42. The van der Waals surface area contributed by atoms with Gasteiger partial charge in [-0.25, -0.2) is 0 Å². The molecule has 0 saturated heterocycles. The standard InChI is InChI=1S/C18H36O2Si/c1-10-11-16(19)13-12-15(4)17(14(2)3)20-21(8,9)18(5,6)7/h10,12-17,19H,1,11H2,2-9H3/b13-12+/t15-,16+,17-/m0/s1. The first kappa shape index (κ1) is 20.6. The molecule has 3 atom stereocenters. The largest absolute Gasteiger partial charge is 0.413 e. The van der Waals surface area contributed by atoms with E-state index in [9.17, 15) is 5.11 Å². The molecule has 0 radical (unpaired) electrons. The fourth-order valence-electron chi connectivity index (χ4n) is 2.03. The van der Waals surface area contributed by atoms with Crippen molar-refractivity contribution in [1.82, 2.24) is 0 Å². The molecule has 0 aromatic rings. The molecule has 0 bridgehead atoms. The fraction of sp³-hybridized carbons (Fsp3) is 0.778. The normalized spacial score (nSPS) is 18.0. The van der Waals surface area contributed by atoms with Gasteiger partial charge in [0.15, 0.2) is 8.32 Å². The van der Waals surface area contributed by atoms with Gasteiger partial charge in [-0.3, -0.25) is 0 Å². The highest BCUT2D eigenvalue weighted by atomic mass is 28.4. The van der Waals surface area contributed by atoms with Gasteiger partial charge in [0.1, 0.15) is 0 Å². The Balaban J connectivity index is 4.95.